The van der Waals surface area contributed by atoms with Gasteiger partial charge in [0.1, 0.15) is 5.70 Å². The normalized spacial score (nSPS) is 16.0. The molecule has 1 aliphatic heterocycles. The van der Waals surface area contributed by atoms with Crippen LogP contribution < -0.4 is 11.0 Å². The molecular weight excluding hydrogens is 444 g/mol. The predicted molar refractivity (Wildman–Crippen MR) is 102 cm³/mol. The number of oxime groups is 1. The largest absolute Gasteiger partial charge is 3.00 e. The topological polar surface area (TPSA) is 141 Å². The molecule has 154 valence electrons. The molecular formula is C15H23Cl2CoN5O4+. The van der Waals surface area contributed by atoms with E-state index in [9.17, 15) is 4.91 Å². The van der Waals surface area contributed by atoms with Crippen LogP contribution in [0.25, 0.3) is 5.32 Å². The Morgan fingerprint density at radius 2 is 1.89 bits per heavy atom. The fourth-order valence-electron chi connectivity index (χ4n) is 1.00. The van der Waals surface area contributed by atoms with E-state index in [2.05, 4.69) is 21.2 Å². The van der Waals surface area contributed by atoms with E-state index in [1.54, 1.807) is 18.6 Å². The summed E-state index contributed by atoms with van der Waals surface area (Å²) in [4.78, 5) is 9.65. The number of allylic oxidation sites excluding steroid dienone is 4. The van der Waals surface area contributed by atoms with Crippen LogP contribution in [0.5, 0.6) is 0 Å². The van der Waals surface area contributed by atoms with Gasteiger partial charge in [0, 0.05) is 0 Å². The van der Waals surface area contributed by atoms with Crippen LogP contribution in [0.2, 0.25) is 0 Å². The fraction of sp³-hybridized carbons (Fsp3) is 0.400. The van der Waals surface area contributed by atoms with Crippen molar-refractivity contribution in [2.45, 2.75) is 33.2 Å². The number of nitroso groups, excluding NO2 is 1. The molecule has 0 radical (unpaired) electrons. The molecule has 0 fully saturated rings. The number of nitrogens with one attached hydrogen (secondary N) is 2. The maximum atomic E-state index is 9.65. The Balaban J connectivity index is -0.000000333. The third-order valence-electron chi connectivity index (χ3n) is 3.12. The Hall–Kier alpha value is -1.40. The predicted octanol–water partition coefficient (Wildman–Crippen LogP) is 4.12. The minimum absolute atomic E-state index is 0. The third kappa shape index (κ3) is 12.6. The first kappa shape index (κ1) is 30.3. The molecule has 1 atom stereocenters. The average Bonchev–Trinajstić information content (AvgIpc) is 2.72. The summed E-state index contributed by atoms with van der Waals surface area (Å²) in [5, 5.41) is 34.7. The summed E-state index contributed by atoms with van der Waals surface area (Å²) < 4.78 is 0. The van der Waals surface area contributed by atoms with Crippen molar-refractivity contribution in [1.29, 1.82) is 0 Å². The van der Waals surface area contributed by atoms with Crippen LogP contribution in [0, 0.1) is 10.4 Å². The molecule has 27 heavy (non-hydrogen) atoms. The van der Waals surface area contributed by atoms with E-state index in [0.717, 1.165) is 6.54 Å². The van der Waals surface area contributed by atoms with Crippen molar-refractivity contribution in [3.05, 3.63) is 56.6 Å². The van der Waals surface area contributed by atoms with E-state index < -0.39 is 5.54 Å². The fourth-order valence-corrected chi connectivity index (χ4v) is 1.37. The molecule has 0 aliphatic carbocycles. The van der Waals surface area contributed by atoms with Gasteiger partial charge < -0.3 is 32.9 Å². The Labute approximate surface area is 179 Å². The van der Waals surface area contributed by atoms with Crippen LogP contribution in [0.3, 0.4) is 0 Å². The van der Waals surface area contributed by atoms with Crippen LogP contribution in [0.1, 0.15) is 27.7 Å². The first-order chi connectivity index (χ1) is 12.2. The Morgan fingerprint density at radius 3 is 2.07 bits per heavy atom. The molecule has 0 aromatic rings. The summed E-state index contributed by atoms with van der Waals surface area (Å²) in [6.07, 6.45) is 7.73. The van der Waals surface area contributed by atoms with Gasteiger partial charge in [-0.25, -0.2) is 0 Å². The van der Waals surface area contributed by atoms with Gasteiger partial charge in [-0.15, -0.1) is 34.2 Å². The van der Waals surface area contributed by atoms with Crippen molar-refractivity contribution >= 4 is 28.9 Å². The molecule has 0 aromatic carbocycles. The summed E-state index contributed by atoms with van der Waals surface area (Å²) >= 11 is 10.8. The van der Waals surface area contributed by atoms with Crippen LogP contribution in [0.4, 0.5) is 0 Å². The van der Waals surface area contributed by atoms with Gasteiger partial charge in [-0.3, -0.25) is 10.7 Å². The van der Waals surface area contributed by atoms with Crippen molar-refractivity contribution < 1.29 is 32.4 Å². The second kappa shape index (κ2) is 18.0. The smallest absolute Gasteiger partial charge is 0.687 e. The quantitative estimate of drug-likeness (QED) is 0.136. The zero-order valence-corrected chi connectivity index (χ0v) is 17.8. The third-order valence-corrected chi connectivity index (χ3v) is 3.87. The van der Waals surface area contributed by atoms with Gasteiger partial charge in [0.15, 0.2) is 0 Å². The number of rotatable bonds is 5. The number of hydrogen-bond acceptors (Lipinski definition) is 8. The first-order valence-corrected chi connectivity index (χ1v) is 7.89. The molecule has 0 bridgehead atoms. The Morgan fingerprint density at radius 1 is 1.30 bits per heavy atom. The number of nitrogens with zero attached hydrogens (tertiary/aromatic N) is 3. The second-order valence-electron chi connectivity index (χ2n) is 4.88. The number of halogens is 2. The molecule has 1 rings (SSSR count). The van der Waals surface area contributed by atoms with Crippen molar-refractivity contribution in [3.63, 3.8) is 0 Å². The summed E-state index contributed by atoms with van der Waals surface area (Å²) in [5.41, 5.74) is 5.39. The van der Waals surface area contributed by atoms with Gasteiger partial charge in [0.2, 0.25) is 0 Å². The van der Waals surface area contributed by atoms with Crippen molar-refractivity contribution in [2.75, 3.05) is 6.54 Å². The molecule has 5 N–H and O–H groups in total. The zero-order chi connectivity index (χ0) is 20.6. The minimum Gasteiger partial charge on any atom is -0.687 e. The van der Waals surface area contributed by atoms with Gasteiger partial charge >= 0.3 is 16.8 Å². The van der Waals surface area contributed by atoms with Crippen LogP contribution >= 0.6 is 23.2 Å². The standard InChI is InChI=1S/C6H9Cl2N2O2.C5H6N.C4H8N2O2.Co/c1-4(9-11)6(2,10-12)5(8)3-7;1-2-4-6-5-3-1;1-3(5-7)4(2)6-8;/h10-12H,1-2H3;1-4H,5H2;5,7H,1-2H3;/q2*-1;;+3. The summed E-state index contributed by atoms with van der Waals surface area (Å²) in [5.74, 6) is 0. The molecule has 9 nitrogen and oxygen atoms in total. The number of hydroxylamine groups is 2. The Bertz CT molecular complexity index is 551. The van der Waals surface area contributed by atoms with E-state index in [4.69, 9.17) is 38.8 Å². The van der Waals surface area contributed by atoms with E-state index in [1.807, 2.05) is 23.7 Å². The molecule has 0 spiro atoms. The van der Waals surface area contributed by atoms with E-state index in [1.165, 1.54) is 20.8 Å². The molecule has 1 aliphatic rings. The summed E-state index contributed by atoms with van der Waals surface area (Å²) in [7, 11) is 0. The van der Waals surface area contributed by atoms with Crippen LogP contribution in [0.15, 0.2) is 51.2 Å². The molecule has 0 saturated heterocycles. The van der Waals surface area contributed by atoms with Crippen molar-refractivity contribution in [1.82, 2.24) is 11.0 Å². The van der Waals surface area contributed by atoms with Crippen LogP contribution in [-0.4, -0.2) is 33.4 Å². The summed E-state index contributed by atoms with van der Waals surface area (Å²) in [6, 6.07) is 0. The van der Waals surface area contributed by atoms with Gasteiger partial charge in [-0.2, -0.15) is 11.7 Å². The van der Waals surface area contributed by atoms with Crippen LogP contribution in [-0.2, 0) is 16.8 Å². The van der Waals surface area contributed by atoms with E-state index in [0.29, 0.717) is 5.70 Å². The van der Waals surface area contributed by atoms with Gasteiger partial charge in [-0.1, -0.05) is 17.3 Å². The SMILES string of the molecule is C1=CC[N-]C=C1.CC(=NO)C(C)(NO)C(Cl)=[C-]Cl.CC(N=O)=C(C)NO.[Co+3]. The van der Waals surface area contributed by atoms with Crippen molar-refractivity contribution in [2.24, 2.45) is 10.3 Å². The van der Waals surface area contributed by atoms with E-state index >= 15 is 0 Å². The molecule has 0 aromatic heterocycles. The monoisotopic (exact) mass is 466 g/mol. The second-order valence-corrected chi connectivity index (χ2v) is 5.45. The molecule has 1 unspecified atom stereocenters. The maximum Gasteiger partial charge on any atom is 3.00 e. The maximum absolute atomic E-state index is 9.65. The van der Waals surface area contributed by atoms with Gasteiger partial charge in [-0.05, 0) is 32.9 Å². The Kier molecular flexibility index (Phi) is 20.2. The van der Waals surface area contributed by atoms with Crippen molar-refractivity contribution in [3.8, 4) is 0 Å². The van der Waals surface area contributed by atoms with Gasteiger partial charge in [0.05, 0.1) is 16.9 Å². The van der Waals surface area contributed by atoms with Gasteiger partial charge in [0.25, 0.3) is 0 Å². The first-order valence-electron chi connectivity index (χ1n) is 7.14. The zero-order valence-electron chi connectivity index (χ0n) is 15.2. The molecule has 0 saturated carbocycles. The van der Waals surface area contributed by atoms with E-state index in [-0.39, 0.29) is 33.2 Å². The molecule has 12 heteroatoms. The number of hydrogen-bond donors (Lipinski definition) is 5. The average molecular weight is 467 g/mol. The molecule has 1 heterocycles. The molecule has 0 amide bonds. The minimum atomic E-state index is -1.20. The summed E-state index contributed by atoms with van der Waals surface area (Å²) in [6.45, 7) is 6.87.